The predicted molar refractivity (Wildman–Crippen MR) is 511 cm³/mol. The van der Waals surface area contributed by atoms with Gasteiger partial charge in [-0.15, -0.1) is 35.5 Å². The van der Waals surface area contributed by atoms with Crippen molar-refractivity contribution in [3.8, 4) is 166 Å². The van der Waals surface area contributed by atoms with Crippen LogP contribution in [0.3, 0.4) is 0 Å². The molecule has 0 radical (unpaired) electrons. The summed E-state index contributed by atoms with van der Waals surface area (Å²) in [6.07, 6.45) is 11.7. The van der Waals surface area contributed by atoms with Gasteiger partial charge in [0.2, 0.25) is 40.1 Å². The lowest BCUT2D eigenvalue weighted by molar-refractivity contribution is -0.179. The fraction of sp³-hybridized carbons (Fsp3) is 0.378. The fourth-order valence-electron chi connectivity index (χ4n) is 10.4. The number of aromatic amines is 2. The monoisotopic (exact) mass is 1920 g/mol. The van der Waals surface area contributed by atoms with Crippen molar-refractivity contribution in [2.75, 3.05) is 18.8 Å². The van der Waals surface area contributed by atoms with E-state index >= 15 is 0 Å². The number of anilines is 1. The number of nitrogen functional groups attached to an aromatic ring is 1. The van der Waals surface area contributed by atoms with Crippen molar-refractivity contribution in [3.05, 3.63) is 119 Å². The van der Waals surface area contributed by atoms with Crippen LogP contribution in [0.1, 0.15) is 177 Å². The number of aliphatic hydroxyl groups is 1. The number of ketones is 4. The number of amides is 4. The van der Waals surface area contributed by atoms with E-state index in [4.69, 9.17) is 53.3 Å². The predicted octanol–water partition coefficient (Wildman–Crippen LogP) is 5.19. The summed E-state index contributed by atoms with van der Waals surface area (Å²) in [5.41, 5.74) is 1.04. The molecule has 4 amide bonds. The number of aryl methyl sites for hydroxylation is 2. The first-order valence-electron chi connectivity index (χ1n) is 39.4. The number of terminal acetylenes is 2. The Bertz CT molecular complexity index is 6260. The van der Waals surface area contributed by atoms with E-state index in [0.717, 1.165) is 40.5 Å². The average Bonchev–Trinajstić information content (AvgIpc) is 0.851. The van der Waals surface area contributed by atoms with Crippen molar-refractivity contribution < 1.29 is 106 Å². The summed E-state index contributed by atoms with van der Waals surface area (Å²) in [6, 6.07) is 10.1. The van der Waals surface area contributed by atoms with Crippen LogP contribution in [0.15, 0.2) is 80.4 Å². The number of aliphatic carboxylic acids is 1. The molecular formula is C98H105N11O24S3. The maximum Gasteiger partial charge on any atom is 0.362 e. The van der Waals surface area contributed by atoms with Gasteiger partial charge in [-0.05, 0) is 182 Å². The van der Waals surface area contributed by atoms with Crippen molar-refractivity contribution in [2.24, 2.45) is 28.8 Å². The molecule has 6 atom stereocenters. The number of esters is 2. The number of pyridine rings is 2. The third-order valence-electron chi connectivity index (χ3n) is 17.0. The zero-order valence-corrected chi connectivity index (χ0v) is 76.5. The van der Waals surface area contributed by atoms with Crippen LogP contribution in [-0.2, 0) is 103 Å². The van der Waals surface area contributed by atoms with Gasteiger partial charge in [0.25, 0.3) is 0 Å². The molecule has 7 rings (SSSR count). The molecule has 14 N–H and O–H groups in total. The van der Waals surface area contributed by atoms with E-state index in [1.54, 1.807) is 48.5 Å². The van der Waals surface area contributed by atoms with Crippen molar-refractivity contribution in [3.63, 3.8) is 0 Å². The minimum atomic E-state index is -4.98. The number of benzene rings is 1. The van der Waals surface area contributed by atoms with Crippen LogP contribution in [0.5, 0.6) is 11.5 Å². The quantitative estimate of drug-likeness (QED) is 0.00630. The van der Waals surface area contributed by atoms with Crippen LogP contribution in [0.25, 0.3) is 0 Å². The molecule has 0 spiro atoms. The zero-order valence-electron chi connectivity index (χ0n) is 74.1. The normalized spacial score (nSPS) is 13.5. The first-order chi connectivity index (χ1) is 62.0. The minimum Gasteiger partial charge on any atom is -0.503 e. The maximum atomic E-state index is 13.8. The Morgan fingerprint density at radius 1 is 0.632 bits per heavy atom. The van der Waals surface area contributed by atoms with Gasteiger partial charge in [0.1, 0.15) is 51.5 Å². The van der Waals surface area contributed by atoms with Crippen molar-refractivity contribution in [2.45, 2.75) is 204 Å². The van der Waals surface area contributed by atoms with Crippen LogP contribution in [0.2, 0.25) is 0 Å². The van der Waals surface area contributed by atoms with Gasteiger partial charge in [-0.1, -0.05) is 71.6 Å². The molecule has 38 heteroatoms. The van der Waals surface area contributed by atoms with E-state index in [9.17, 15) is 80.4 Å². The number of H-pyrrole nitrogens is 2. The molecule has 5 aromatic rings. The van der Waals surface area contributed by atoms with Gasteiger partial charge in [-0.2, -0.15) is 8.42 Å². The second kappa shape index (κ2) is 58.7. The lowest BCUT2D eigenvalue weighted by Crippen LogP contribution is -2.66. The second-order valence-electron chi connectivity index (χ2n) is 31.0. The van der Waals surface area contributed by atoms with Crippen molar-refractivity contribution >= 4 is 114 Å². The first-order valence-corrected chi connectivity index (χ1v) is 42.6. The maximum absolute atomic E-state index is 13.8. The number of hydrogen-bond donors (Lipinski definition) is 11. The molecule has 2 fully saturated rings. The number of carboxylic acid groups (broad SMARTS) is 1. The van der Waals surface area contributed by atoms with Crippen LogP contribution in [0.4, 0.5) is 5.13 Å². The third kappa shape index (κ3) is 44.7. The Morgan fingerprint density at radius 2 is 1.07 bits per heavy atom. The molecule has 0 bridgehead atoms. The number of β-lactam (4-membered cyclic amide) rings is 2. The molecule has 136 heavy (non-hydrogen) atoms. The first kappa shape index (κ1) is 120. The summed E-state index contributed by atoms with van der Waals surface area (Å²) >= 11 is 2.10. The summed E-state index contributed by atoms with van der Waals surface area (Å²) in [4.78, 5) is 181. The molecule has 6 heterocycles. The lowest BCUT2D eigenvalue weighted by atomic mass is 9.84. The number of aromatic hydroxyl groups is 1. The molecule has 0 saturated carbocycles. The van der Waals surface area contributed by atoms with Crippen LogP contribution in [0, 0.1) is 184 Å². The number of carbonyl (C=O) groups excluding carboxylic acids is 10. The van der Waals surface area contributed by atoms with Gasteiger partial charge in [-0.25, -0.2) is 23.9 Å². The van der Waals surface area contributed by atoms with Gasteiger partial charge in [-0.3, -0.25) is 62.7 Å². The van der Waals surface area contributed by atoms with Crippen LogP contribution >= 0.6 is 22.7 Å². The highest BCUT2D eigenvalue weighted by atomic mass is 32.2. The second-order valence-corrected chi connectivity index (χ2v) is 34.1. The number of nitrogens with zero attached hydrogens (tertiary/aromatic N) is 4. The topological polar surface area (TPSA) is 564 Å². The van der Waals surface area contributed by atoms with Gasteiger partial charge in [0, 0.05) is 157 Å². The number of aromatic nitrogens is 4. The molecule has 0 aliphatic carbocycles. The minimum absolute atomic E-state index is 0. The Morgan fingerprint density at radius 3 is 1.49 bits per heavy atom. The Labute approximate surface area is 798 Å². The number of oxime groups is 1. The van der Waals surface area contributed by atoms with Crippen molar-refractivity contribution in [1.29, 1.82) is 5.41 Å². The number of rotatable bonds is 34. The SMILES string of the molecule is C.C.C.C#CC#CC#CC#CC#CC#CC#CC#CC#CC#CC#CC#CC#C.CC(C)(O)C(=O)O.C[C@H](CC(=O)CCc1cc(=O)c(O)c[nH]1)C(=O)NC[C@@H]1[C@H](CC(=O)C(=N)c2csc(N)n2)C(=O)N1S(=O)(=O)O.C[C@H](CC(=O)CCc1cc(=O)c(OCc2ccccc2)c[nH]1)C(=O)NC[C@H]1NC(=O)[C@H]1CC(=O)/C(=N\OC(C)(C)C(=O)OC(C)(C)C)c1csc(CC(=O)OC(C)(C)C)n1.O. The number of nitrogens with two attached hydrogens (primary N) is 1. The van der Waals surface area contributed by atoms with Gasteiger partial charge in [0.15, 0.2) is 39.5 Å². The average molecular weight is 1920 g/mol. The smallest absolute Gasteiger partial charge is 0.362 e. The van der Waals surface area contributed by atoms with E-state index in [0.29, 0.717) is 16.4 Å². The van der Waals surface area contributed by atoms with Gasteiger partial charge in [0.05, 0.1) is 30.3 Å². The zero-order chi connectivity index (χ0) is 98.5. The molecule has 35 nitrogen and oxygen atoms in total. The van der Waals surface area contributed by atoms with E-state index in [2.05, 4.69) is 183 Å². The molecule has 2 aliphatic rings. The summed E-state index contributed by atoms with van der Waals surface area (Å²) in [6.45, 7) is 18.5. The fourth-order valence-corrected chi connectivity index (χ4v) is 12.7. The Kier molecular flexibility index (Phi) is 51.8. The van der Waals surface area contributed by atoms with Crippen LogP contribution in [-0.4, -0.2) is 182 Å². The Hall–Kier alpha value is -16.0. The Balaban J connectivity index is 0.00000206. The highest BCUT2D eigenvalue weighted by Crippen LogP contribution is 2.33. The number of Topliss-reactive ketones (excluding diaryl/α,β-unsaturated/α-hetero) is 4. The van der Waals surface area contributed by atoms with E-state index in [1.807, 2.05) is 30.3 Å². The summed E-state index contributed by atoms with van der Waals surface area (Å²) in [5.74, 6) is 47.4. The molecule has 2 saturated heterocycles. The largest absolute Gasteiger partial charge is 0.503 e. The summed E-state index contributed by atoms with van der Waals surface area (Å²) < 4.78 is 49.4. The van der Waals surface area contributed by atoms with Gasteiger partial charge < -0.3 is 71.5 Å². The summed E-state index contributed by atoms with van der Waals surface area (Å²) in [5, 5.41) is 49.0. The molecular weight excluding hydrogens is 1810 g/mol. The third-order valence-corrected chi connectivity index (χ3v) is 19.5. The molecule has 1 aromatic carbocycles. The molecule has 0 unspecified atom stereocenters. The van der Waals surface area contributed by atoms with E-state index in [-0.39, 0.29) is 142 Å². The number of thiazole rings is 2. The van der Waals surface area contributed by atoms with Gasteiger partial charge >= 0.3 is 28.2 Å². The molecule has 2 aliphatic heterocycles. The number of carbonyl (C=O) groups is 11. The lowest BCUT2D eigenvalue weighted by Gasteiger charge is -2.44. The number of nitrogens with one attached hydrogen (secondary N) is 6. The molecule has 4 aromatic heterocycles. The highest BCUT2D eigenvalue weighted by molar-refractivity contribution is 7.84. The van der Waals surface area contributed by atoms with E-state index < -0.39 is 151 Å². The van der Waals surface area contributed by atoms with Crippen molar-refractivity contribution in [1.82, 2.24) is 40.2 Å². The molecule has 714 valence electrons. The van der Waals surface area contributed by atoms with E-state index in [1.165, 1.54) is 57.6 Å². The standard InChI is InChI=1S/C43H55N5O11S.C26H2.C22H26N6O9S2.C4H8O3.3CH4.H2O/c1-25(17-28(49)16-15-27-18-32(50)34(22-44-27)56-23-26-13-11-10-12-14-26)38(53)45-21-30-29(39(54)47-30)19-33(51)37(48-59-43(8,9)40(55)58-42(5,6)7)31-24-60-35(46-31)20-36(52)57-41(2,3)4;1-3-5-7-9-11-13-15-17-19-21-23-25-26-24-22-20-18-16-14-12-10-8-6-4-2;1-10(4-12(29)3-2-11-5-16(30)18(32)8-25-11)20(33)26-7-15-13(21(34)28(15)39(35,36)37)6-17(31)19(23)14-9-38-22(24)27-14;1-4(2,7)3(5)6;;;;/h10-14,18,22,24-25,29-30H,15-17,19-21,23H2,1-9H3,(H,44,50)(H,45,53)(H,47,54);1-2H;5,8-10,13,15,23,32H,2-4,6-7H2,1H3,(H2,24,27)(H,25,30)(H,26,33)(H,35,36,37);7H,1-2H3,(H,5,6);3*1H4;1H2/b48-37-;;;;;;;/t25-,29+,30-;;10-,13+,15-;;;;;/m1.1...../s1. The summed E-state index contributed by atoms with van der Waals surface area (Å²) in [7, 11) is -4.98. The highest BCUT2D eigenvalue weighted by Gasteiger charge is 2.54. The number of ether oxygens (including phenoxy) is 3. The number of hydrogen-bond acceptors (Lipinski definition) is 28. The number of carboxylic acids is 1. The van der Waals surface area contributed by atoms with Crippen LogP contribution < -0.4 is 37.3 Å².